The summed E-state index contributed by atoms with van der Waals surface area (Å²) in [7, 11) is 0. The monoisotopic (exact) mass is 394 g/mol. The molecule has 1 aliphatic carbocycles. The topological polar surface area (TPSA) is 23.6 Å². The molecule has 28 heavy (non-hydrogen) atoms. The number of hydrogen-bond donors (Lipinski definition) is 0. The van der Waals surface area contributed by atoms with Crippen LogP contribution in [0.5, 0.6) is 0 Å². The minimum absolute atomic E-state index is 0.296. The van der Waals surface area contributed by atoms with Gasteiger partial charge in [0.2, 0.25) is 5.91 Å². The standard InChI is InChI=1S/C24H30N2OS/c27-24(19-8-4-5-9-19)26-16-21(20-11-13-28-17-20)22-15-25(12-10-23(22)26)14-18-6-2-1-3-7-18/h1-3,6-7,11,13,17,19,21-23H,4-5,8-10,12,14-16H2/t21-,22-,23-/m0/s1. The third-order valence-corrected chi connectivity index (χ3v) is 7.92. The van der Waals surface area contributed by atoms with Gasteiger partial charge in [-0.15, -0.1) is 0 Å². The van der Waals surface area contributed by atoms with Crippen LogP contribution in [-0.4, -0.2) is 41.4 Å². The van der Waals surface area contributed by atoms with Crippen molar-refractivity contribution in [3.05, 3.63) is 58.3 Å². The molecule has 0 radical (unpaired) electrons. The van der Waals surface area contributed by atoms with E-state index in [9.17, 15) is 4.79 Å². The van der Waals surface area contributed by atoms with Crippen molar-refractivity contribution < 1.29 is 4.79 Å². The second-order valence-corrected chi connectivity index (χ2v) is 9.66. The van der Waals surface area contributed by atoms with E-state index in [0.717, 1.165) is 45.4 Å². The molecule has 148 valence electrons. The summed E-state index contributed by atoms with van der Waals surface area (Å²) in [4.78, 5) is 18.2. The van der Waals surface area contributed by atoms with Gasteiger partial charge in [-0.1, -0.05) is 43.2 Å². The molecule has 1 aromatic carbocycles. The van der Waals surface area contributed by atoms with Gasteiger partial charge in [-0.25, -0.2) is 0 Å². The first-order chi connectivity index (χ1) is 13.8. The zero-order valence-corrected chi connectivity index (χ0v) is 17.3. The van der Waals surface area contributed by atoms with Gasteiger partial charge in [-0.3, -0.25) is 9.69 Å². The Bertz CT molecular complexity index is 784. The van der Waals surface area contributed by atoms with Crippen LogP contribution in [0.4, 0.5) is 0 Å². The Labute approximate surface area is 172 Å². The molecule has 3 fully saturated rings. The van der Waals surface area contributed by atoms with E-state index in [1.54, 1.807) is 11.3 Å². The number of piperidine rings is 1. The van der Waals surface area contributed by atoms with E-state index in [1.807, 2.05) is 0 Å². The Kier molecular flexibility index (Phi) is 5.25. The van der Waals surface area contributed by atoms with Crippen molar-refractivity contribution >= 4 is 17.2 Å². The van der Waals surface area contributed by atoms with Crippen molar-refractivity contribution in [2.75, 3.05) is 19.6 Å². The van der Waals surface area contributed by atoms with Gasteiger partial charge in [0.05, 0.1) is 0 Å². The summed E-state index contributed by atoms with van der Waals surface area (Å²) in [6.45, 7) is 4.16. The molecule has 3 atom stereocenters. The van der Waals surface area contributed by atoms with Crippen LogP contribution < -0.4 is 0 Å². The van der Waals surface area contributed by atoms with Crippen LogP contribution in [-0.2, 0) is 11.3 Å². The lowest BCUT2D eigenvalue weighted by molar-refractivity contribution is -0.137. The first kappa shape index (κ1) is 18.4. The maximum atomic E-state index is 13.3. The molecule has 0 N–H and O–H groups in total. The predicted molar refractivity (Wildman–Crippen MR) is 114 cm³/mol. The van der Waals surface area contributed by atoms with E-state index in [0.29, 0.717) is 29.7 Å². The minimum atomic E-state index is 0.296. The lowest BCUT2D eigenvalue weighted by Crippen LogP contribution is -2.48. The van der Waals surface area contributed by atoms with Gasteiger partial charge in [-0.2, -0.15) is 11.3 Å². The van der Waals surface area contributed by atoms with Gasteiger partial charge in [0.1, 0.15) is 0 Å². The lowest BCUT2D eigenvalue weighted by Gasteiger charge is -2.39. The van der Waals surface area contributed by atoms with Gasteiger partial charge < -0.3 is 4.90 Å². The number of carbonyl (C=O) groups excluding carboxylic acids is 1. The van der Waals surface area contributed by atoms with Crippen molar-refractivity contribution in [2.24, 2.45) is 11.8 Å². The van der Waals surface area contributed by atoms with Gasteiger partial charge in [0, 0.05) is 50.0 Å². The molecule has 0 unspecified atom stereocenters. The van der Waals surface area contributed by atoms with Crippen LogP contribution in [0.2, 0.25) is 0 Å². The number of carbonyl (C=O) groups is 1. The molecular weight excluding hydrogens is 364 g/mol. The Morgan fingerprint density at radius 1 is 1.04 bits per heavy atom. The number of amides is 1. The third kappa shape index (κ3) is 3.53. The van der Waals surface area contributed by atoms with E-state index in [2.05, 4.69) is 57.0 Å². The summed E-state index contributed by atoms with van der Waals surface area (Å²) in [5.41, 5.74) is 2.84. The average Bonchev–Trinajstić information content (AvgIpc) is 3.48. The van der Waals surface area contributed by atoms with Crippen molar-refractivity contribution in [2.45, 2.75) is 50.6 Å². The number of thiophene rings is 1. The predicted octanol–water partition coefficient (Wildman–Crippen LogP) is 4.75. The Morgan fingerprint density at radius 2 is 1.86 bits per heavy atom. The number of benzene rings is 1. The fourth-order valence-electron chi connectivity index (χ4n) is 5.79. The summed E-state index contributed by atoms with van der Waals surface area (Å²) >= 11 is 1.79. The van der Waals surface area contributed by atoms with E-state index >= 15 is 0 Å². The largest absolute Gasteiger partial charge is 0.338 e. The summed E-state index contributed by atoms with van der Waals surface area (Å²) in [6.07, 6.45) is 5.80. The lowest BCUT2D eigenvalue weighted by atomic mass is 9.82. The van der Waals surface area contributed by atoms with Gasteiger partial charge in [0.25, 0.3) is 0 Å². The highest BCUT2D eigenvalue weighted by Crippen LogP contribution is 2.43. The summed E-state index contributed by atoms with van der Waals surface area (Å²) in [6, 6.07) is 13.5. The fourth-order valence-corrected chi connectivity index (χ4v) is 6.51. The minimum Gasteiger partial charge on any atom is -0.338 e. The molecule has 0 spiro atoms. The molecule has 2 aromatic rings. The van der Waals surface area contributed by atoms with Crippen molar-refractivity contribution in [3.63, 3.8) is 0 Å². The molecule has 2 saturated heterocycles. The highest BCUT2D eigenvalue weighted by atomic mass is 32.1. The number of rotatable bonds is 4. The molecule has 5 rings (SSSR count). The number of nitrogens with zero attached hydrogens (tertiary/aromatic N) is 2. The van der Waals surface area contributed by atoms with Crippen LogP contribution in [0.1, 0.15) is 49.1 Å². The Hall–Kier alpha value is -1.65. The summed E-state index contributed by atoms with van der Waals surface area (Å²) < 4.78 is 0. The van der Waals surface area contributed by atoms with E-state index in [-0.39, 0.29) is 0 Å². The molecule has 2 aliphatic heterocycles. The fraction of sp³-hybridized carbons (Fsp3) is 0.542. The van der Waals surface area contributed by atoms with Crippen LogP contribution in [0.15, 0.2) is 47.2 Å². The number of likely N-dealkylation sites (tertiary alicyclic amines) is 2. The summed E-state index contributed by atoms with van der Waals surface area (Å²) in [5, 5.41) is 4.50. The van der Waals surface area contributed by atoms with Crippen LogP contribution in [0.3, 0.4) is 0 Å². The molecule has 3 nitrogen and oxygen atoms in total. The van der Waals surface area contributed by atoms with E-state index < -0.39 is 0 Å². The number of fused-ring (bicyclic) bond motifs is 1. The van der Waals surface area contributed by atoms with Crippen molar-refractivity contribution in [1.29, 1.82) is 0 Å². The van der Waals surface area contributed by atoms with Crippen molar-refractivity contribution in [3.8, 4) is 0 Å². The van der Waals surface area contributed by atoms with Crippen LogP contribution in [0.25, 0.3) is 0 Å². The van der Waals surface area contributed by atoms with Crippen LogP contribution in [0, 0.1) is 11.8 Å². The highest BCUT2D eigenvalue weighted by molar-refractivity contribution is 7.08. The zero-order valence-electron chi connectivity index (χ0n) is 16.5. The number of hydrogen-bond acceptors (Lipinski definition) is 3. The van der Waals surface area contributed by atoms with Gasteiger partial charge in [-0.05, 0) is 47.2 Å². The van der Waals surface area contributed by atoms with Gasteiger partial charge >= 0.3 is 0 Å². The Morgan fingerprint density at radius 3 is 2.61 bits per heavy atom. The molecule has 3 heterocycles. The molecule has 3 aliphatic rings. The Balaban J connectivity index is 1.35. The third-order valence-electron chi connectivity index (χ3n) is 7.22. The van der Waals surface area contributed by atoms with Crippen molar-refractivity contribution in [1.82, 2.24) is 9.80 Å². The summed E-state index contributed by atoms with van der Waals surface area (Å²) in [5.74, 6) is 1.82. The van der Waals surface area contributed by atoms with E-state index in [4.69, 9.17) is 0 Å². The first-order valence-electron chi connectivity index (χ1n) is 10.9. The maximum Gasteiger partial charge on any atom is 0.225 e. The normalized spacial score (nSPS) is 28.6. The zero-order chi connectivity index (χ0) is 18.9. The quantitative estimate of drug-likeness (QED) is 0.747. The molecule has 0 bridgehead atoms. The second kappa shape index (κ2) is 8.00. The average molecular weight is 395 g/mol. The molecular formula is C24H30N2OS. The molecule has 1 aromatic heterocycles. The smallest absolute Gasteiger partial charge is 0.225 e. The highest BCUT2D eigenvalue weighted by Gasteiger charge is 2.48. The molecule has 4 heteroatoms. The van der Waals surface area contributed by atoms with Gasteiger partial charge in [0.15, 0.2) is 0 Å². The first-order valence-corrected chi connectivity index (χ1v) is 11.8. The van der Waals surface area contributed by atoms with Crippen LogP contribution >= 0.6 is 11.3 Å². The van der Waals surface area contributed by atoms with E-state index in [1.165, 1.54) is 24.0 Å². The maximum absolute atomic E-state index is 13.3. The second-order valence-electron chi connectivity index (χ2n) is 8.88. The SMILES string of the molecule is O=C(C1CCCC1)N1C[C@@H](c2ccsc2)[C@@H]2CN(Cc3ccccc3)CC[C@@H]21. The molecule has 1 amide bonds. The molecule has 1 saturated carbocycles.